The summed E-state index contributed by atoms with van der Waals surface area (Å²) in [6.07, 6.45) is 2.49. The lowest BCUT2D eigenvalue weighted by atomic mass is 9.79. The second-order valence-corrected chi connectivity index (χ2v) is 7.81. The van der Waals surface area contributed by atoms with Crippen LogP contribution in [0.5, 0.6) is 0 Å². The molecule has 0 radical (unpaired) electrons. The van der Waals surface area contributed by atoms with Gasteiger partial charge < -0.3 is 0 Å². The summed E-state index contributed by atoms with van der Waals surface area (Å²) in [5.41, 5.74) is 0. The molecule has 0 spiro atoms. The Balaban J connectivity index is 2.83. The summed E-state index contributed by atoms with van der Waals surface area (Å²) >= 11 is 0. The standard InChI is InChI=1S/C12H25NO2S/c1-9(2)11-6-12(10(3)4)8-13(7-11)16(5,14)15/h9-12H,6-8H2,1-5H3. The topological polar surface area (TPSA) is 37.4 Å². The van der Waals surface area contributed by atoms with Gasteiger partial charge in [-0.2, -0.15) is 0 Å². The minimum atomic E-state index is -3.03. The minimum Gasteiger partial charge on any atom is -0.213 e. The van der Waals surface area contributed by atoms with E-state index in [2.05, 4.69) is 27.7 Å². The maximum atomic E-state index is 11.6. The quantitative estimate of drug-likeness (QED) is 0.766. The van der Waals surface area contributed by atoms with Crippen LogP contribution in [0, 0.1) is 23.7 Å². The number of sulfonamides is 1. The van der Waals surface area contributed by atoms with Gasteiger partial charge in [-0.3, -0.25) is 0 Å². The zero-order valence-electron chi connectivity index (χ0n) is 11.1. The van der Waals surface area contributed by atoms with Crippen molar-refractivity contribution in [1.29, 1.82) is 0 Å². The maximum absolute atomic E-state index is 11.6. The zero-order valence-corrected chi connectivity index (χ0v) is 11.9. The number of rotatable bonds is 3. The molecule has 2 unspecified atom stereocenters. The van der Waals surface area contributed by atoms with E-state index in [9.17, 15) is 8.42 Å². The predicted octanol–water partition coefficient (Wildman–Crippen LogP) is 2.20. The first-order valence-electron chi connectivity index (χ1n) is 6.17. The molecular formula is C12H25NO2S. The van der Waals surface area contributed by atoms with E-state index in [4.69, 9.17) is 0 Å². The van der Waals surface area contributed by atoms with Crippen LogP contribution in [-0.2, 0) is 10.0 Å². The first-order chi connectivity index (χ1) is 7.21. The van der Waals surface area contributed by atoms with Crippen molar-refractivity contribution in [2.75, 3.05) is 19.3 Å². The zero-order chi connectivity index (χ0) is 12.5. The monoisotopic (exact) mass is 247 g/mol. The molecule has 0 N–H and O–H groups in total. The van der Waals surface area contributed by atoms with E-state index < -0.39 is 10.0 Å². The molecule has 1 fully saturated rings. The third-order valence-corrected chi connectivity index (χ3v) is 5.07. The fraction of sp³-hybridized carbons (Fsp3) is 1.00. The number of hydrogen-bond donors (Lipinski definition) is 0. The second-order valence-electron chi connectivity index (χ2n) is 5.82. The van der Waals surface area contributed by atoms with Crippen molar-refractivity contribution >= 4 is 10.0 Å². The van der Waals surface area contributed by atoms with E-state index in [1.807, 2.05) is 0 Å². The molecule has 0 aromatic rings. The Kier molecular flexibility index (Phi) is 4.41. The van der Waals surface area contributed by atoms with Crippen molar-refractivity contribution in [2.45, 2.75) is 34.1 Å². The van der Waals surface area contributed by atoms with Crippen molar-refractivity contribution in [3.8, 4) is 0 Å². The van der Waals surface area contributed by atoms with E-state index in [1.54, 1.807) is 4.31 Å². The molecule has 0 aromatic carbocycles. The summed E-state index contributed by atoms with van der Waals surface area (Å²) in [4.78, 5) is 0. The van der Waals surface area contributed by atoms with Gasteiger partial charge in [0.25, 0.3) is 0 Å². The summed E-state index contributed by atoms with van der Waals surface area (Å²) in [5, 5.41) is 0. The van der Waals surface area contributed by atoms with Crippen LogP contribution in [0.15, 0.2) is 0 Å². The lowest BCUT2D eigenvalue weighted by molar-refractivity contribution is 0.135. The highest BCUT2D eigenvalue weighted by molar-refractivity contribution is 7.88. The first kappa shape index (κ1) is 14.0. The molecule has 1 heterocycles. The molecule has 1 aliphatic rings. The summed E-state index contributed by atoms with van der Waals surface area (Å²) < 4.78 is 25.0. The highest BCUT2D eigenvalue weighted by Crippen LogP contribution is 2.32. The Hall–Kier alpha value is -0.0900. The van der Waals surface area contributed by atoms with Crippen LogP contribution in [0.2, 0.25) is 0 Å². The van der Waals surface area contributed by atoms with E-state index in [0.717, 1.165) is 0 Å². The third-order valence-electron chi connectivity index (χ3n) is 3.84. The summed E-state index contributed by atoms with van der Waals surface area (Å²) in [7, 11) is -3.03. The van der Waals surface area contributed by atoms with Crippen LogP contribution < -0.4 is 0 Å². The molecule has 16 heavy (non-hydrogen) atoms. The second kappa shape index (κ2) is 5.05. The Morgan fingerprint density at radius 1 is 1.00 bits per heavy atom. The third kappa shape index (κ3) is 3.45. The van der Waals surface area contributed by atoms with Gasteiger partial charge in [0.15, 0.2) is 0 Å². The Morgan fingerprint density at radius 3 is 1.62 bits per heavy atom. The SMILES string of the molecule is CC(C)C1CC(C(C)C)CN(S(C)(=O)=O)C1. The molecule has 4 heteroatoms. The molecule has 96 valence electrons. The number of nitrogens with zero attached hydrogens (tertiary/aromatic N) is 1. The predicted molar refractivity (Wildman–Crippen MR) is 67.7 cm³/mol. The molecular weight excluding hydrogens is 222 g/mol. The Bertz CT molecular complexity index is 306. The van der Waals surface area contributed by atoms with Crippen LogP contribution in [0.1, 0.15) is 34.1 Å². The summed E-state index contributed by atoms with van der Waals surface area (Å²) in [5.74, 6) is 2.14. The maximum Gasteiger partial charge on any atom is 0.211 e. The van der Waals surface area contributed by atoms with Crippen molar-refractivity contribution in [3.05, 3.63) is 0 Å². The Morgan fingerprint density at radius 2 is 1.38 bits per heavy atom. The van der Waals surface area contributed by atoms with Gasteiger partial charge in [0.1, 0.15) is 0 Å². The highest BCUT2D eigenvalue weighted by Gasteiger charge is 2.34. The van der Waals surface area contributed by atoms with Crippen molar-refractivity contribution in [3.63, 3.8) is 0 Å². The molecule has 0 amide bonds. The van der Waals surface area contributed by atoms with Crippen molar-refractivity contribution in [1.82, 2.24) is 4.31 Å². The molecule has 1 rings (SSSR count). The fourth-order valence-electron chi connectivity index (χ4n) is 2.37. The van der Waals surface area contributed by atoms with E-state index in [1.165, 1.54) is 12.7 Å². The molecule has 0 aliphatic carbocycles. The van der Waals surface area contributed by atoms with Gasteiger partial charge >= 0.3 is 0 Å². The van der Waals surface area contributed by atoms with E-state index in [0.29, 0.717) is 36.8 Å². The first-order valence-corrected chi connectivity index (χ1v) is 8.01. The molecule has 1 saturated heterocycles. The molecule has 0 bridgehead atoms. The molecule has 2 atom stereocenters. The smallest absolute Gasteiger partial charge is 0.211 e. The summed E-state index contributed by atoms with van der Waals surface area (Å²) in [6.45, 7) is 10.2. The van der Waals surface area contributed by atoms with E-state index >= 15 is 0 Å². The average Bonchev–Trinajstić information content (AvgIpc) is 2.15. The van der Waals surface area contributed by atoms with Crippen LogP contribution in [0.4, 0.5) is 0 Å². The lowest BCUT2D eigenvalue weighted by Crippen LogP contribution is -2.46. The average molecular weight is 247 g/mol. The van der Waals surface area contributed by atoms with Crippen molar-refractivity contribution < 1.29 is 8.42 Å². The van der Waals surface area contributed by atoms with Gasteiger partial charge in [0.2, 0.25) is 10.0 Å². The van der Waals surface area contributed by atoms with Crippen LogP contribution in [0.3, 0.4) is 0 Å². The van der Waals surface area contributed by atoms with E-state index in [-0.39, 0.29) is 0 Å². The summed E-state index contributed by atoms with van der Waals surface area (Å²) in [6, 6.07) is 0. The Labute approximate surface area is 100 Å². The van der Waals surface area contributed by atoms with Crippen LogP contribution in [-0.4, -0.2) is 32.1 Å². The van der Waals surface area contributed by atoms with Gasteiger partial charge in [-0.1, -0.05) is 27.7 Å². The normalized spacial score (nSPS) is 28.9. The number of hydrogen-bond acceptors (Lipinski definition) is 2. The largest absolute Gasteiger partial charge is 0.213 e. The molecule has 0 aromatic heterocycles. The molecule has 3 nitrogen and oxygen atoms in total. The van der Waals surface area contributed by atoms with Crippen LogP contribution in [0.25, 0.3) is 0 Å². The van der Waals surface area contributed by atoms with Gasteiger partial charge in [0, 0.05) is 13.1 Å². The fourth-order valence-corrected chi connectivity index (χ4v) is 3.30. The number of piperidine rings is 1. The van der Waals surface area contributed by atoms with Crippen molar-refractivity contribution in [2.24, 2.45) is 23.7 Å². The highest BCUT2D eigenvalue weighted by atomic mass is 32.2. The van der Waals surface area contributed by atoms with Gasteiger partial charge in [-0.15, -0.1) is 0 Å². The molecule has 0 saturated carbocycles. The van der Waals surface area contributed by atoms with Gasteiger partial charge in [0.05, 0.1) is 6.26 Å². The van der Waals surface area contributed by atoms with Gasteiger partial charge in [-0.05, 0) is 30.1 Å². The van der Waals surface area contributed by atoms with Gasteiger partial charge in [-0.25, -0.2) is 12.7 Å². The molecule has 1 aliphatic heterocycles. The lowest BCUT2D eigenvalue weighted by Gasteiger charge is -2.39. The van der Waals surface area contributed by atoms with Crippen LogP contribution >= 0.6 is 0 Å². The minimum absolute atomic E-state index is 0.510.